The molecule has 0 spiro atoms. The summed E-state index contributed by atoms with van der Waals surface area (Å²) in [6, 6.07) is 2.03. The third-order valence-electron chi connectivity index (χ3n) is 1.62. The van der Waals surface area contributed by atoms with Crippen molar-refractivity contribution in [3.8, 4) is 0 Å². The molecule has 13 heavy (non-hydrogen) atoms. The maximum atomic E-state index is 4.06. The molecule has 0 aliphatic carbocycles. The van der Waals surface area contributed by atoms with Crippen LogP contribution in [0, 0.1) is 0 Å². The van der Waals surface area contributed by atoms with E-state index in [-0.39, 0.29) is 0 Å². The largest absolute Gasteiger partial charge is 0.264 e. The first kappa shape index (κ1) is 11.9. The van der Waals surface area contributed by atoms with Gasteiger partial charge in [-0.25, -0.2) is 0 Å². The highest BCUT2D eigenvalue weighted by atomic mass is 14.6. The van der Waals surface area contributed by atoms with Gasteiger partial charge in [-0.3, -0.25) is 4.98 Å². The van der Waals surface area contributed by atoms with Gasteiger partial charge in [0.2, 0.25) is 0 Å². The second kappa shape index (κ2) is 7.53. The number of pyridine rings is 1. The molecule has 0 unspecified atom stereocenters. The Hall–Kier alpha value is -1.11. The Morgan fingerprint density at radius 1 is 1.31 bits per heavy atom. The van der Waals surface area contributed by atoms with E-state index in [2.05, 4.69) is 24.1 Å². The minimum atomic E-state index is 1.06. The number of aromatic nitrogens is 1. The Labute approximate surface area is 80.8 Å². The SMILES string of the molecule is C/C=c1/ccnc/c1=C/CC.CC. The van der Waals surface area contributed by atoms with E-state index in [1.807, 2.05) is 39.2 Å². The molecule has 1 rings (SSSR count). The van der Waals surface area contributed by atoms with Gasteiger partial charge in [-0.2, -0.15) is 0 Å². The summed E-state index contributed by atoms with van der Waals surface area (Å²) in [6.07, 6.45) is 9.07. The van der Waals surface area contributed by atoms with Gasteiger partial charge in [0, 0.05) is 12.4 Å². The third-order valence-corrected chi connectivity index (χ3v) is 1.62. The summed E-state index contributed by atoms with van der Waals surface area (Å²) >= 11 is 0. The van der Waals surface area contributed by atoms with E-state index in [0.717, 1.165) is 6.42 Å². The Balaban J connectivity index is 0.000000671. The molecule has 0 radical (unpaired) electrons. The van der Waals surface area contributed by atoms with Crippen molar-refractivity contribution in [2.24, 2.45) is 0 Å². The second-order valence-corrected chi connectivity index (χ2v) is 2.41. The van der Waals surface area contributed by atoms with Crippen LogP contribution in [-0.4, -0.2) is 4.98 Å². The number of rotatable bonds is 1. The van der Waals surface area contributed by atoms with Gasteiger partial charge < -0.3 is 0 Å². The van der Waals surface area contributed by atoms with Crippen molar-refractivity contribution in [1.29, 1.82) is 0 Å². The van der Waals surface area contributed by atoms with Crippen LogP contribution in [0.25, 0.3) is 12.2 Å². The van der Waals surface area contributed by atoms with Crippen molar-refractivity contribution in [2.75, 3.05) is 0 Å². The Morgan fingerprint density at radius 2 is 2.00 bits per heavy atom. The lowest BCUT2D eigenvalue weighted by Gasteiger charge is -1.86. The van der Waals surface area contributed by atoms with Crippen LogP contribution in [0.4, 0.5) is 0 Å². The highest BCUT2D eigenvalue weighted by Gasteiger charge is 1.80. The molecule has 0 fully saturated rings. The van der Waals surface area contributed by atoms with Crippen molar-refractivity contribution in [3.63, 3.8) is 0 Å². The monoisotopic (exact) mass is 177 g/mol. The maximum absolute atomic E-state index is 4.06. The van der Waals surface area contributed by atoms with Crippen molar-refractivity contribution < 1.29 is 0 Å². The number of hydrogen-bond donors (Lipinski definition) is 0. The molecule has 0 aliphatic heterocycles. The zero-order valence-corrected chi connectivity index (χ0v) is 9.04. The Morgan fingerprint density at radius 3 is 2.54 bits per heavy atom. The van der Waals surface area contributed by atoms with Gasteiger partial charge in [-0.05, 0) is 29.8 Å². The van der Waals surface area contributed by atoms with Gasteiger partial charge in [-0.15, -0.1) is 0 Å². The molecule has 1 heterocycles. The zero-order chi connectivity index (χ0) is 10.1. The van der Waals surface area contributed by atoms with Crippen LogP contribution < -0.4 is 10.4 Å². The molecule has 1 nitrogen and oxygen atoms in total. The van der Waals surface area contributed by atoms with Gasteiger partial charge in [0.15, 0.2) is 0 Å². The van der Waals surface area contributed by atoms with Crippen LogP contribution >= 0.6 is 0 Å². The minimum absolute atomic E-state index is 1.06. The quantitative estimate of drug-likeness (QED) is 0.640. The average Bonchev–Trinajstić information content (AvgIpc) is 2.22. The molecule has 0 aromatic carbocycles. The van der Waals surface area contributed by atoms with E-state index in [1.54, 1.807) is 0 Å². The van der Waals surface area contributed by atoms with Gasteiger partial charge in [-0.1, -0.05) is 32.9 Å². The van der Waals surface area contributed by atoms with E-state index in [9.17, 15) is 0 Å². The normalized spacial score (nSPS) is 12.3. The Bertz CT molecular complexity index is 325. The van der Waals surface area contributed by atoms with Crippen molar-refractivity contribution in [2.45, 2.75) is 34.1 Å². The van der Waals surface area contributed by atoms with E-state index in [4.69, 9.17) is 0 Å². The molecule has 0 N–H and O–H groups in total. The van der Waals surface area contributed by atoms with Gasteiger partial charge >= 0.3 is 0 Å². The minimum Gasteiger partial charge on any atom is -0.264 e. The lowest BCUT2D eigenvalue weighted by molar-refractivity contribution is 1.23. The predicted molar refractivity (Wildman–Crippen MR) is 59.7 cm³/mol. The molecular weight excluding hydrogens is 158 g/mol. The van der Waals surface area contributed by atoms with Crippen LogP contribution in [0.3, 0.4) is 0 Å². The molecule has 1 aromatic heterocycles. The fraction of sp³-hybridized carbons (Fsp3) is 0.417. The van der Waals surface area contributed by atoms with Gasteiger partial charge in [0.05, 0.1) is 0 Å². The first-order valence-corrected chi connectivity index (χ1v) is 4.95. The van der Waals surface area contributed by atoms with Crippen LogP contribution in [0.5, 0.6) is 0 Å². The van der Waals surface area contributed by atoms with Crippen molar-refractivity contribution >= 4 is 12.2 Å². The summed E-state index contributed by atoms with van der Waals surface area (Å²) in [5.41, 5.74) is 0. The summed E-state index contributed by atoms with van der Waals surface area (Å²) in [6.45, 7) is 8.18. The maximum Gasteiger partial charge on any atom is 0.0343 e. The molecule has 0 amide bonds. The smallest absolute Gasteiger partial charge is 0.0343 e. The van der Waals surface area contributed by atoms with Gasteiger partial charge in [0.1, 0.15) is 0 Å². The molecular formula is C12H19N. The summed E-state index contributed by atoms with van der Waals surface area (Å²) in [5.74, 6) is 0. The fourth-order valence-electron chi connectivity index (χ4n) is 1.07. The second-order valence-electron chi connectivity index (χ2n) is 2.41. The molecule has 1 aromatic rings. The van der Waals surface area contributed by atoms with E-state index < -0.39 is 0 Å². The predicted octanol–water partition coefficient (Wildman–Crippen LogP) is 2.10. The van der Waals surface area contributed by atoms with Crippen LogP contribution in [0.1, 0.15) is 34.1 Å². The lowest BCUT2D eigenvalue weighted by atomic mass is 10.2. The first-order chi connectivity index (χ1) is 6.38. The molecule has 72 valence electrons. The molecule has 0 saturated heterocycles. The lowest BCUT2D eigenvalue weighted by Crippen LogP contribution is -2.23. The Kier molecular flexibility index (Phi) is 6.89. The standard InChI is InChI=1S/C10H13N.C2H6/c1-3-5-10-8-11-7-6-9(10)4-2;1-2/h4-8H,3H2,1-2H3;1-2H3/b9-4-,10-5-;. The summed E-state index contributed by atoms with van der Waals surface area (Å²) in [4.78, 5) is 4.06. The van der Waals surface area contributed by atoms with Crippen LogP contribution in [0.2, 0.25) is 0 Å². The van der Waals surface area contributed by atoms with E-state index >= 15 is 0 Å². The topological polar surface area (TPSA) is 12.9 Å². The highest BCUT2D eigenvalue weighted by molar-refractivity contribution is 5.27. The number of nitrogens with zero attached hydrogens (tertiary/aromatic N) is 1. The summed E-state index contributed by atoms with van der Waals surface area (Å²) < 4.78 is 0. The van der Waals surface area contributed by atoms with Crippen LogP contribution in [-0.2, 0) is 0 Å². The number of hydrogen-bond acceptors (Lipinski definition) is 1. The summed E-state index contributed by atoms with van der Waals surface area (Å²) in [7, 11) is 0. The van der Waals surface area contributed by atoms with Crippen molar-refractivity contribution in [1.82, 2.24) is 4.98 Å². The van der Waals surface area contributed by atoms with E-state index in [0.29, 0.717) is 0 Å². The van der Waals surface area contributed by atoms with Crippen molar-refractivity contribution in [3.05, 3.63) is 28.9 Å². The van der Waals surface area contributed by atoms with Gasteiger partial charge in [0.25, 0.3) is 0 Å². The van der Waals surface area contributed by atoms with Crippen LogP contribution in [0.15, 0.2) is 18.5 Å². The average molecular weight is 177 g/mol. The summed E-state index contributed by atoms with van der Waals surface area (Å²) in [5, 5.41) is 2.50. The molecule has 0 aliphatic rings. The van der Waals surface area contributed by atoms with E-state index in [1.165, 1.54) is 10.4 Å². The fourth-order valence-corrected chi connectivity index (χ4v) is 1.07. The zero-order valence-electron chi connectivity index (χ0n) is 9.04. The molecule has 1 heteroatoms. The molecule has 0 atom stereocenters. The highest BCUT2D eigenvalue weighted by Crippen LogP contribution is 1.73. The molecule has 0 saturated carbocycles. The molecule has 0 bridgehead atoms. The third kappa shape index (κ3) is 3.88. The first-order valence-electron chi connectivity index (χ1n) is 4.95.